The predicted octanol–water partition coefficient (Wildman–Crippen LogP) is 2.20. The minimum absolute atomic E-state index is 0.00575. The van der Waals surface area contributed by atoms with Gasteiger partial charge in [-0.3, -0.25) is 4.79 Å². The van der Waals surface area contributed by atoms with Crippen molar-refractivity contribution in [3.05, 3.63) is 30.3 Å². The third kappa shape index (κ3) is 4.28. The maximum atomic E-state index is 12.3. The number of nitrogen functional groups attached to an aromatic ring is 1. The van der Waals surface area contributed by atoms with Crippen molar-refractivity contribution in [1.82, 2.24) is 25.2 Å². The zero-order valence-electron chi connectivity index (χ0n) is 16.0. The molecular weight excluding hydrogens is 392 g/mol. The van der Waals surface area contributed by atoms with Crippen LogP contribution in [-0.2, 0) is 16.1 Å². The number of benzene rings is 1. The molecule has 152 valence electrons. The van der Waals surface area contributed by atoms with Crippen molar-refractivity contribution >= 4 is 23.5 Å². The number of amides is 1. The number of nitrogens with one attached hydrogen (secondary N) is 1. The third-order valence-corrected chi connectivity index (χ3v) is 5.34. The summed E-state index contributed by atoms with van der Waals surface area (Å²) < 4.78 is 12.4. The smallest absolute Gasteiger partial charge is 0.264 e. The Morgan fingerprint density at radius 3 is 2.93 bits per heavy atom. The molecule has 3 N–H and O–H groups in total. The molecule has 3 heterocycles. The lowest BCUT2D eigenvalue weighted by Gasteiger charge is -2.11. The molecule has 1 saturated heterocycles. The number of carbonyl (C=O) groups is 1. The highest BCUT2D eigenvalue weighted by Crippen LogP contribution is 2.34. The van der Waals surface area contributed by atoms with E-state index in [-0.39, 0.29) is 24.4 Å². The first-order valence-electron chi connectivity index (χ1n) is 9.33. The van der Waals surface area contributed by atoms with Crippen LogP contribution in [0.25, 0.3) is 22.8 Å². The van der Waals surface area contributed by atoms with Crippen molar-refractivity contribution in [3.63, 3.8) is 0 Å². The summed E-state index contributed by atoms with van der Waals surface area (Å²) >= 11 is 1.40. The Morgan fingerprint density at radius 1 is 1.38 bits per heavy atom. The zero-order chi connectivity index (χ0) is 20.2. The summed E-state index contributed by atoms with van der Waals surface area (Å²) in [5, 5.41) is 12.0. The Kier molecular flexibility index (Phi) is 5.81. The molecular formula is C19H22N6O3S. The van der Waals surface area contributed by atoms with Gasteiger partial charge in [-0.1, -0.05) is 35.5 Å². The molecule has 10 heteroatoms. The first kappa shape index (κ1) is 19.5. The van der Waals surface area contributed by atoms with E-state index in [9.17, 15) is 4.79 Å². The topological polar surface area (TPSA) is 121 Å². The van der Waals surface area contributed by atoms with Crippen LogP contribution in [0, 0.1) is 0 Å². The van der Waals surface area contributed by atoms with Gasteiger partial charge in [0.25, 0.3) is 5.89 Å². The maximum Gasteiger partial charge on any atom is 0.264 e. The number of thioether (sulfide) groups is 1. The summed E-state index contributed by atoms with van der Waals surface area (Å²) in [4.78, 5) is 16.8. The summed E-state index contributed by atoms with van der Waals surface area (Å²) in [6, 6.07) is 9.52. The molecule has 1 aliphatic heterocycles. The number of anilines is 1. The van der Waals surface area contributed by atoms with Gasteiger partial charge >= 0.3 is 0 Å². The highest BCUT2D eigenvalue weighted by Gasteiger charge is 2.24. The Hall–Kier alpha value is -2.85. The number of aromatic nitrogens is 4. The maximum absolute atomic E-state index is 12.3. The first-order valence-corrected chi connectivity index (χ1v) is 10.6. The van der Waals surface area contributed by atoms with Gasteiger partial charge in [-0.2, -0.15) is 10.1 Å². The van der Waals surface area contributed by atoms with E-state index in [4.69, 9.17) is 15.0 Å². The Labute approximate surface area is 172 Å². The number of nitrogens with two attached hydrogens (primary N) is 1. The van der Waals surface area contributed by atoms with E-state index in [0.29, 0.717) is 28.8 Å². The summed E-state index contributed by atoms with van der Waals surface area (Å²) in [6.45, 7) is 1.25. The van der Waals surface area contributed by atoms with Gasteiger partial charge in [-0.15, -0.1) is 11.8 Å². The number of hydrogen-bond donors (Lipinski definition) is 2. The fraction of sp³-hybridized carbons (Fsp3) is 0.368. The van der Waals surface area contributed by atoms with Crippen LogP contribution in [-0.4, -0.2) is 51.3 Å². The van der Waals surface area contributed by atoms with Crippen LogP contribution >= 0.6 is 11.8 Å². The minimum atomic E-state index is -0.176. The van der Waals surface area contributed by atoms with E-state index in [0.717, 1.165) is 25.0 Å². The molecule has 0 aliphatic carbocycles. The summed E-state index contributed by atoms with van der Waals surface area (Å²) in [5.74, 6) is 0.875. The molecule has 1 atom stereocenters. The summed E-state index contributed by atoms with van der Waals surface area (Å²) in [5.41, 5.74) is 7.66. The number of rotatable bonds is 7. The van der Waals surface area contributed by atoms with Gasteiger partial charge in [0.1, 0.15) is 23.0 Å². The van der Waals surface area contributed by atoms with E-state index in [1.165, 1.54) is 16.4 Å². The zero-order valence-corrected chi connectivity index (χ0v) is 16.8. The number of ether oxygens (including phenoxy) is 1. The van der Waals surface area contributed by atoms with Gasteiger partial charge < -0.3 is 20.3 Å². The molecule has 1 aromatic carbocycles. The van der Waals surface area contributed by atoms with Gasteiger partial charge in [-0.05, 0) is 19.1 Å². The van der Waals surface area contributed by atoms with E-state index in [1.807, 2.05) is 36.6 Å². The van der Waals surface area contributed by atoms with Crippen molar-refractivity contribution in [2.75, 3.05) is 25.1 Å². The van der Waals surface area contributed by atoms with Crippen LogP contribution in [0.3, 0.4) is 0 Å². The summed E-state index contributed by atoms with van der Waals surface area (Å²) in [6.07, 6.45) is 3.96. The quantitative estimate of drug-likeness (QED) is 0.565. The average Bonchev–Trinajstić information content (AvgIpc) is 3.48. The van der Waals surface area contributed by atoms with Crippen molar-refractivity contribution in [3.8, 4) is 22.8 Å². The fourth-order valence-corrected chi connectivity index (χ4v) is 3.75. The Morgan fingerprint density at radius 2 is 2.21 bits per heavy atom. The molecule has 1 aliphatic rings. The normalized spacial score (nSPS) is 16.2. The van der Waals surface area contributed by atoms with Crippen molar-refractivity contribution in [1.29, 1.82) is 0 Å². The highest BCUT2D eigenvalue weighted by molar-refractivity contribution is 7.98. The molecule has 29 heavy (non-hydrogen) atoms. The largest absolute Gasteiger partial charge is 0.383 e. The second-order valence-corrected chi connectivity index (χ2v) is 7.45. The SMILES string of the molecule is CSc1nn(CC(=O)NC[C@H]2CCCO2)c(N)c1-c1nc(-c2ccccc2)no1. The monoisotopic (exact) mass is 414 g/mol. The summed E-state index contributed by atoms with van der Waals surface area (Å²) in [7, 11) is 0. The molecule has 0 saturated carbocycles. The van der Waals surface area contributed by atoms with Gasteiger partial charge in [0.05, 0.1) is 6.10 Å². The predicted molar refractivity (Wildman–Crippen MR) is 109 cm³/mol. The van der Waals surface area contributed by atoms with Gasteiger partial charge in [0.2, 0.25) is 11.7 Å². The van der Waals surface area contributed by atoms with Crippen LogP contribution in [0.4, 0.5) is 5.82 Å². The number of carbonyl (C=O) groups excluding carboxylic acids is 1. The van der Waals surface area contributed by atoms with Gasteiger partial charge in [0.15, 0.2) is 0 Å². The lowest BCUT2D eigenvalue weighted by molar-refractivity contribution is -0.122. The second kappa shape index (κ2) is 8.66. The molecule has 3 aromatic rings. The van der Waals surface area contributed by atoms with Crippen molar-refractivity contribution < 1.29 is 14.1 Å². The minimum Gasteiger partial charge on any atom is -0.383 e. The van der Waals surface area contributed by atoms with E-state index in [2.05, 4.69) is 20.6 Å². The fourth-order valence-electron chi connectivity index (χ4n) is 3.17. The molecule has 0 unspecified atom stereocenters. The molecule has 4 rings (SSSR count). The molecule has 9 nitrogen and oxygen atoms in total. The Balaban J connectivity index is 1.52. The number of hydrogen-bond acceptors (Lipinski definition) is 8. The van der Waals surface area contributed by atoms with Crippen LogP contribution in [0.5, 0.6) is 0 Å². The molecule has 0 radical (unpaired) electrons. The molecule has 2 aromatic heterocycles. The van der Waals surface area contributed by atoms with Crippen molar-refractivity contribution in [2.45, 2.75) is 30.5 Å². The molecule has 0 bridgehead atoms. The molecule has 1 fully saturated rings. The standard InChI is InChI=1S/C19H22N6O3S/c1-29-19-15(18-22-17(24-28-18)12-6-3-2-4-7-12)16(20)25(23-19)11-14(26)21-10-13-8-5-9-27-13/h2-4,6-7,13H,5,8-11,20H2,1H3,(H,21,26)/t13-/m1/s1. The van der Waals surface area contributed by atoms with Crippen LogP contribution in [0.2, 0.25) is 0 Å². The lowest BCUT2D eigenvalue weighted by Crippen LogP contribution is -2.34. The average molecular weight is 414 g/mol. The van der Waals surface area contributed by atoms with Gasteiger partial charge in [0, 0.05) is 18.7 Å². The Bertz CT molecular complexity index is 981. The van der Waals surface area contributed by atoms with Crippen LogP contribution in [0.1, 0.15) is 12.8 Å². The molecule has 0 spiro atoms. The van der Waals surface area contributed by atoms with E-state index in [1.54, 1.807) is 0 Å². The highest BCUT2D eigenvalue weighted by atomic mass is 32.2. The van der Waals surface area contributed by atoms with Crippen LogP contribution < -0.4 is 11.1 Å². The first-order chi connectivity index (χ1) is 14.2. The van der Waals surface area contributed by atoms with Crippen LogP contribution in [0.15, 0.2) is 39.9 Å². The van der Waals surface area contributed by atoms with E-state index >= 15 is 0 Å². The lowest BCUT2D eigenvalue weighted by atomic mass is 10.2. The van der Waals surface area contributed by atoms with E-state index < -0.39 is 0 Å². The molecule has 1 amide bonds. The third-order valence-electron chi connectivity index (χ3n) is 4.67. The number of nitrogens with zero attached hydrogens (tertiary/aromatic N) is 4. The van der Waals surface area contributed by atoms with Crippen molar-refractivity contribution in [2.24, 2.45) is 0 Å². The second-order valence-electron chi connectivity index (χ2n) is 6.66. The van der Waals surface area contributed by atoms with Gasteiger partial charge in [-0.25, -0.2) is 4.68 Å².